The van der Waals surface area contributed by atoms with Crippen LogP contribution in [-0.2, 0) is 34.0 Å². The lowest BCUT2D eigenvalue weighted by Gasteiger charge is -2.17. The van der Waals surface area contributed by atoms with Crippen molar-refractivity contribution < 1.29 is 53.6 Å². The Labute approximate surface area is 258 Å². The monoisotopic (exact) mass is 666 g/mol. The number of ketones is 1. The summed E-state index contributed by atoms with van der Waals surface area (Å²) in [5.41, 5.74) is 1.48. The molecule has 0 radical (unpaired) electrons. The van der Waals surface area contributed by atoms with Crippen molar-refractivity contribution >= 4 is 26.5 Å². The molecular weight excluding hydrogens is 642 g/mol. The largest absolute Gasteiger partial charge is 0.573 e. The zero-order valence-electron chi connectivity index (χ0n) is 23.8. The van der Waals surface area contributed by atoms with E-state index in [1.165, 1.54) is 36.5 Å². The van der Waals surface area contributed by atoms with Gasteiger partial charge in [-0.1, -0.05) is 47.6 Å². The number of benzene rings is 3. The third-order valence-corrected chi connectivity index (χ3v) is 9.03. The molecule has 242 valence electrons. The number of aryl methyl sites for hydroxylation is 1. The van der Waals surface area contributed by atoms with Gasteiger partial charge in [-0.05, 0) is 54.8 Å². The molecule has 0 aliphatic carbocycles. The van der Waals surface area contributed by atoms with E-state index < -0.39 is 45.1 Å². The van der Waals surface area contributed by atoms with Gasteiger partial charge in [0.2, 0.25) is 0 Å². The SMILES string of the molecule is Cc1cc(CC(=O)C(Cc2ccc(OC(F)(F)F)cc2)S(=O)(=O)c2cn(Cc3ccc(OC(F)(F)F)cc3)c3ccccc23)no1. The number of rotatable bonds is 11. The van der Waals surface area contributed by atoms with E-state index in [0.29, 0.717) is 22.2 Å². The number of nitrogens with zero attached hydrogens (tertiary/aromatic N) is 2. The second kappa shape index (κ2) is 12.5. The molecular formula is C31H24F6N2O6S. The van der Waals surface area contributed by atoms with E-state index in [4.69, 9.17) is 4.52 Å². The van der Waals surface area contributed by atoms with Crippen molar-refractivity contribution in [1.82, 2.24) is 9.72 Å². The summed E-state index contributed by atoms with van der Waals surface area (Å²) in [7, 11) is -4.46. The Bertz CT molecular complexity index is 1950. The van der Waals surface area contributed by atoms with Gasteiger partial charge >= 0.3 is 12.7 Å². The van der Waals surface area contributed by atoms with Gasteiger partial charge < -0.3 is 18.6 Å². The summed E-state index contributed by atoms with van der Waals surface area (Å²) in [6.07, 6.45) is -9.19. The number of halogens is 6. The zero-order valence-corrected chi connectivity index (χ0v) is 24.6. The summed E-state index contributed by atoms with van der Waals surface area (Å²) < 4.78 is 119. The van der Waals surface area contributed by atoms with Crippen molar-refractivity contribution in [3.63, 3.8) is 0 Å². The first-order valence-corrected chi connectivity index (χ1v) is 15.1. The second-order valence-corrected chi connectivity index (χ2v) is 12.4. The lowest BCUT2D eigenvalue weighted by Crippen LogP contribution is -2.34. The molecule has 1 unspecified atom stereocenters. The van der Waals surface area contributed by atoms with Crippen molar-refractivity contribution in [3.8, 4) is 11.5 Å². The van der Waals surface area contributed by atoms with Crippen LogP contribution < -0.4 is 9.47 Å². The Morgan fingerprint density at radius 2 is 1.43 bits per heavy atom. The van der Waals surface area contributed by atoms with E-state index in [2.05, 4.69) is 14.6 Å². The van der Waals surface area contributed by atoms with Crippen molar-refractivity contribution in [2.24, 2.45) is 0 Å². The fraction of sp³-hybridized carbons (Fsp3) is 0.226. The summed E-state index contributed by atoms with van der Waals surface area (Å²) in [6, 6.07) is 17.6. The highest BCUT2D eigenvalue weighted by atomic mass is 32.2. The lowest BCUT2D eigenvalue weighted by molar-refractivity contribution is -0.275. The highest BCUT2D eigenvalue weighted by Crippen LogP contribution is 2.32. The first-order chi connectivity index (χ1) is 21.6. The number of ether oxygens (including phenoxy) is 2. The molecule has 0 spiro atoms. The molecule has 2 heterocycles. The molecule has 0 aliphatic rings. The Morgan fingerprint density at radius 1 is 0.870 bits per heavy atom. The smallest absolute Gasteiger partial charge is 0.406 e. The van der Waals surface area contributed by atoms with Crippen LogP contribution in [0.15, 0.2) is 94.5 Å². The van der Waals surface area contributed by atoms with E-state index >= 15 is 0 Å². The van der Waals surface area contributed by atoms with E-state index in [9.17, 15) is 39.6 Å². The minimum Gasteiger partial charge on any atom is -0.406 e. The number of carbonyl (C=O) groups is 1. The average Bonchev–Trinajstić information content (AvgIpc) is 3.55. The quantitative estimate of drug-likeness (QED) is 0.140. The van der Waals surface area contributed by atoms with E-state index in [0.717, 1.165) is 24.3 Å². The Hall–Kier alpha value is -4.79. The van der Waals surface area contributed by atoms with Crippen LogP contribution in [0.3, 0.4) is 0 Å². The number of aromatic nitrogens is 2. The molecule has 3 aromatic carbocycles. The maximum Gasteiger partial charge on any atom is 0.573 e. The van der Waals surface area contributed by atoms with Crippen LogP contribution in [0.1, 0.15) is 22.6 Å². The first kappa shape index (κ1) is 32.6. The summed E-state index contributed by atoms with van der Waals surface area (Å²) in [5, 5.41) is 2.41. The van der Waals surface area contributed by atoms with Crippen LogP contribution in [0.5, 0.6) is 11.5 Å². The van der Waals surface area contributed by atoms with Gasteiger partial charge in [-0.15, -0.1) is 26.3 Å². The van der Waals surface area contributed by atoms with Gasteiger partial charge in [0.1, 0.15) is 22.5 Å². The van der Waals surface area contributed by atoms with Crippen LogP contribution in [0.2, 0.25) is 0 Å². The second-order valence-electron chi connectivity index (χ2n) is 10.3. The molecule has 8 nitrogen and oxygen atoms in total. The molecule has 15 heteroatoms. The van der Waals surface area contributed by atoms with Crippen molar-refractivity contribution in [2.75, 3.05) is 0 Å². The maximum absolute atomic E-state index is 14.3. The highest BCUT2D eigenvalue weighted by Gasteiger charge is 2.37. The van der Waals surface area contributed by atoms with Gasteiger partial charge in [0, 0.05) is 29.7 Å². The molecule has 0 saturated carbocycles. The number of alkyl halides is 6. The van der Waals surface area contributed by atoms with E-state index in [1.54, 1.807) is 35.8 Å². The number of sulfone groups is 1. The topological polar surface area (TPSA) is 101 Å². The fourth-order valence-electron chi connectivity index (χ4n) is 4.95. The molecule has 0 aliphatic heterocycles. The molecule has 0 N–H and O–H groups in total. The van der Waals surface area contributed by atoms with Gasteiger partial charge in [0.25, 0.3) is 0 Å². The predicted molar refractivity (Wildman–Crippen MR) is 152 cm³/mol. The molecule has 2 aromatic heterocycles. The third-order valence-electron chi connectivity index (χ3n) is 6.91. The summed E-state index contributed by atoms with van der Waals surface area (Å²) in [4.78, 5) is 13.5. The normalized spacial score (nSPS) is 13.1. The summed E-state index contributed by atoms with van der Waals surface area (Å²) in [6.45, 7) is 1.67. The lowest BCUT2D eigenvalue weighted by atomic mass is 10.0. The average molecular weight is 667 g/mol. The minimum atomic E-state index is -4.92. The molecule has 0 bridgehead atoms. The molecule has 5 aromatic rings. The highest BCUT2D eigenvalue weighted by molar-refractivity contribution is 7.93. The molecule has 1 atom stereocenters. The van der Waals surface area contributed by atoms with Crippen LogP contribution >= 0.6 is 0 Å². The number of Topliss-reactive ketones (excluding diaryl/α,β-unsaturated/α-hetero) is 1. The zero-order chi connectivity index (χ0) is 33.3. The van der Waals surface area contributed by atoms with Gasteiger partial charge in [-0.25, -0.2) is 8.42 Å². The minimum absolute atomic E-state index is 0.0693. The number of para-hydroxylation sites is 1. The standard InChI is InChI=1S/C31H24F6N2O6S/c1-19-14-22(38-45-19)16-27(40)28(15-20-6-10-23(11-7-20)43-30(32,33)34)46(41,42)29-18-39(26-5-3-2-4-25(26)29)17-21-8-12-24(13-9-21)44-31(35,36)37/h2-14,18,28H,15-17H2,1H3. The van der Waals surface area contributed by atoms with Gasteiger partial charge in [0.05, 0.1) is 17.0 Å². The molecule has 46 heavy (non-hydrogen) atoms. The molecule has 0 amide bonds. The number of hydrogen-bond acceptors (Lipinski definition) is 7. The Morgan fingerprint density at radius 3 is 1.98 bits per heavy atom. The van der Waals surface area contributed by atoms with Gasteiger partial charge in [0.15, 0.2) is 15.6 Å². The van der Waals surface area contributed by atoms with Crippen LogP contribution in [0, 0.1) is 6.92 Å². The van der Waals surface area contributed by atoms with Gasteiger partial charge in [-0.2, -0.15) is 0 Å². The number of hydrogen-bond donors (Lipinski definition) is 0. The van der Waals surface area contributed by atoms with Crippen LogP contribution in [-0.4, -0.2) is 41.9 Å². The summed E-state index contributed by atoms with van der Waals surface area (Å²) in [5.74, 6) is -1.25. The van der Waals surface area contributed by atoms with Crippen LogP contribution in [0.25, 0.3) is 10.9 Å². The maximum atomic E-state index is 14.3. The van der Waals surface area contributed by atoms with Crippen molar-refractivity contribution in [3.05, 3.63) is 108 Å². The number of carbonyl (C=O) groups excluding carboxylic acids is 1. The Balaban J connectivity index is 1.50. The molecule has 5 rings (SSSR count). The summed E-state index contributed by atoms with van der Waals surface area (Å²) >= 11 is 0. The number of fused-ring (bicyclic) bond motifs is 1. The van der Waals surface area contributed by atoms with E-state index in [1.807, 2.05) is 0 Å². The molecule has 0 saturated heterocycles. The fourth-order valence-corrected chi connectivity index (χ4v) is 6.85. The van der Waals surface area contributed by atoms with E-state index in [-0.39, 0.29) is 35.5 Å². The predicted octanol–water partition coefficient (Wildman–Crippen LogP) is 6.98. The van der Waals surface area contributed by atoms with Crippen molar-refractivity contribution in [2.45, 2.75) is 49.2 Å². The molecule has 0 fully saturated rings. The Kier molecular flexibility index (Phi) is 8.89. The third kappa shape index (κ3) is 7.88. The van der Waals surface area contributed by atoms with Gasteiger partial charge in [-0.3, -0.25) is 4.79 Å². The first-order valence-electron chi connectivity index (χ1n) is 13.5. The van der Waals surface area contributed by atoms with Crippen molar-refractivity contribution in [1.29, 1.82) is 0 Å². The van der Waals surface area contributed by atoms with Crippen LogP contribution in [0.4, 0.5) is 26.3 Å².